The molecule has 104 valence electrons. The number of nitrogens with two attached hydrogens (primary N) is 1. The minimum Gasteiger partial charge on any atom is -0.479 e. The van der Waals surface area contributed by atoms with Crippen LogP contribution < -0.4 is 11.1 Å². The summed E-state index contributed by atoms with van der Waals surface area (Å²) >= 11 is 0. The zero-order chi connectivity index (χ0) is 14.4. The molecule has 0 bridgehead atoms. The van der Waals surface area contributed by atoms with Crippen molar-refractivity contribution < 1.29 is 19.8 Å². The first-order chi connectivity index (χ1) is 8.91. The number of hydrogen-bond acceptors (Lipinski definition) is 4. The van der Waals surface area contributed by atoms with E-state index < -0.39 is 30.1 Å². The number of amides is 1. The molecule has 19 heavy (non-hydrogen) atoms. The van der Waals surface area contributed by atoms with Gasteiger partial charge in [-0.2, -0.15) is 0 Å². The second kappa shape index (κ2) is 6.86. The zero-order valence-corrected chi connectivity index (χ0v) is 10.6. The number of hydrogen-bond donors (Lipinski definition) is 4. The van der Waals surface area contributed by atoms with Gasteiger partial charge in [0.25, 0.3) is 0 Å². The van der Waals surface area contributed by atoms with E-state index in [0.29, 0.717) is 0 Å². The van der Waals surface area contributed by atoms with E-state index in [2.05, 4.69) is 5.32 Å². The van der Waals surface area contributed by atoms with Crippen LogP contribution >= 0.6 is 0 Å². The summed E-state index contributed by atoms with van der Waals surface area (Å²) in [5.41, 5.74) is 6.23. The SMILES string of the molecule is C[C@@H](N)C(=O)N[C@H](Cc1ccccc1)[C@H](O)C(=O)O. The lowest BCUT2D eigenvalue weighted by molar-refractivity contribution is -0.148. The molecule has 0 unspecified atom stereocenters. The Labute approximate surface area is 111 Å². The van der Waals surface area contributed by atoms with Crippen molar-refractivity contribution in [1.29, 1.82) is 0 Å². The van der Waals surface area contributed by atoms with Gasteiger partial charge in [-0.1, -0.05) is 30.3 Å². The Balaban J connectivity index is 2.81. The molecule has 6 nitrogen and oxygen atoms in total. The van der Waals surface area contributed by atoms with E-state index in [-0.39, 0.29) is 6.42 Å². The van der Waals surface area contributed by atoms with Crippen molar-refractivity contribution in [3.8, 4) is 0 Å². The van der Waals surface area contributed by atoms with Crippen molar-refractivity contribution in [2.75, 3.05) is 0 Å². The van der Waals surface area contributed by atoms with Crippen LogP contribution in [-0.2, 0) is 16.0 Å². The quantitative estimate of drug-likeness (QED) is 0.555. The molecule has 6 heteroatoms. The molecule has 0 saturated heterocycles. The average molecular weight is 266 g/mol. The Morgan fingerprint density at radius 1 is 1.32 bits per heavy atom. The topological polar surface area (TPSA) is 113 Å². The minimum absolute atomic E-state index is 0.215. The maximum Gasteiger partial charge on any atom is 0.334 e. The highest BCUT2D eigenvalue weighted by molar-refractivity contribution is 5.82. The number of carbonyl (C=O) groups excluding carboxylic acids is 1. The van der Waals surface area contributed by atoms with Crippen molar-refractivity contribution in [2.45, 2.75) is 31.5 Å². The second-order valence-electron chi connectivity index (χ2n) is 4.38. The van der Waals surface area contributed by atoms with E-state index in [1.54, 1.807) is 24.3 Å². The first-order valence-corrected chi connectivity index (χ1v) is 5.92. The van der Waals surface area contributed by atoms with Crippen molar-refractivity contribution in [1.82, 2.24) is 5.32 Å². The summed E-state index contributed by atoms with van der Waals surface area (Å²) in [6, 6.07) is 7.32. The number of aliphatic hydroxyl groups excluding tert-OH is 1. The molecule has 0 radical (unpaired) electrons. The molecule has 1 aromatic rings. The highest BCUT2D eigenvalue weighted by Crippen LogP contribution is 2.07. The van der Waals surface area contributed by atoms with Crippen LogP contribution in [0.3, 0.4) is 0 Å². The first kappa shape index (κ1) is 15.1. The average Bonchev–Trinajstić information content (AvgIpc) is 2.37. The monoisotopic (exact) mass is 266 g/mol. The fourth-order valence-electron chi connectivity index (χ4n) is 1.60. The Morgan fingerprint density at radius 2 is 1.89 bits per heavy atom. The molecule has 0 fully saturated rings. The molecule has 0 aliphatic heterocycles. The molecular weight excluding hydrogens is 248 g/mol. The van der Waals surface area contributed by atoms with Gasteiger partial charge in [-0.3, -0.25) is 4.79 Å². The van der Waals surface area contributed by atoms with E-state index in [1.807, 2.05) is 6.07 Å². The number of carbonyl (C=O) groups is 2. The summed E-state index contributed by atoms with van der Waals surface area (Å²) in [6.45, 7) is 1.49. The molecule has 0 aliphatic carbocycles. The molecule has 0 aromatic heterocycles. The highest BCUT2D eigenvalue weighted by atomic mass is 16.4. The lowest BCUT2D eigenvalue weighted by Gasteiger charge is -2.22. The van der Waals surface area contributed by atoms with Crippen LogP contribution in [0.25, 0.3) is 0 Å². The van der Waals surface area contributed by atoms with Crippen molar-refractivity contribution in [3.05, 3.63) is 35.9 Å². The fraction of sp³-hybridized carbons (Fsp3) is 0.385. The smallest absolute Gasteiger partial charge is 0.334 e. The summed E-state index contributed by atoms with van der Waals surface area (Å²) in [4.78, 5) is 22.4. The molecular formula is C13H18N2O4. The van der Waals surface area contributed by atoms with Gasteiger partial charge in [-0.15, -0.1) is 0 Å². The summed E-state index contributed by atoms with van der Waals surface area (Å²) in [7, 11) is 0. The van der Waals surface area contributed by atoms with Crippen LogP contribution in [-0.4, -0.2) is 40.3 Å². The molecule has 5 N–H and O–H groups in total. The molecule has 1 rings (SSSR count). The Kier molecular flexibility index (Phi) is 5.47. The number of aliphatic hydroxyl groups is 1. The Hall–Kier alpha value is -1.92. The predicted molar refractivity (Wildman–Crippen MR) is 69.4 cm³/mol. The van der Waals surface area contributed by atoms with Crippen LogP contribution in [0.15, 0.2) is 30.3 Å². The molecule has 0 heterocycles. The number of nitrogens with one attached hydrogen (secondary N) is 1. The van der Waals surface area contributed by atoms with E-state index in [0.717, 1.165) is 5.56 Å². The fourth-order valence-corrected chi connectivity index (χ4v) is 1.60. The Morgan fingerprint density at radius 3 is 2.37 bits per heavy atom. The third-order valence-electron chi connectivity index (χ3n) is 2.67. The third-order valence-corrected chi connectivity index (χ3v) is 2.67. The number of carboxylic acids is 1. The lowest BCUT2D eigenvalue weighted by Crippen LogP contribution is -2.52. The number of benzene rings is 1. The van der Waals surface area contributed by atoms with Gasteiger partial charge in [0.1, 0.15) is 0 Å². The summed E-state index contributed by atoms with van der Waals surface area (Å²) in [5, 5.41) is 20.9. The van der Waals surface area contributed by atoms with Crippen LogP contribution in [0, 0.1) is 0 Å². The van der Waals surface area contributed by atoms with Crippen LogP contribution in [0.5, 0.6) is 0 Å². The van der Waals surface area contributed by atoms with Gasteiger partial charge >= 0.3 is 5.97 Å². The standard InChI is InChI=1S/C13H18N2O4/c1-8(14)12(17)15-10(11(16)13(18)19)7-9-5-3-2-4-6-9/h2-6,8,10-11,16H,7,14H2,1H3,(H,15,17)(H,18,19)/t8-,10-,11+/m1/s1. The number of carboxylic acid groups (broad SMARTS) is 1. The summed E-state index contributed by atoms with van der Waals surface area (Å²) in [5.74, 6) is -1.88. The molecule has 0 saturated carbocycles. The van der Waals surface area contributed by atoms with Crippen molar-refractivity contribution >= 4 is 11.9 Å². The largest absolute Gasteiger partial charge is 0.479 e. The maximum atomic E-state index is 11.5. The van der Waals surface area contributed by atoms with E-state index in [9.17, 15) is 14.7 Å². The van der Waals surface area contributed by atoms with Gasteiger partial charge in [0, 0.05) is 0 Å². The highest BCUT2D eigenvalue weighted by Gasteiger charge is 2.28. The second-order valence-corrected chi connectivity index (χ2v) is 4.38. The molecule has 0 aliphatic rings. The molecule has 1 aromatic carbocycles. The van der Waals surface area contributed by atoms with E-state index in [1.165, 1.54) is 6.92 Å². The summed E-state index contributed by atoms with van der Waals surface area (Å²) in [6.07, 6.45) is -1.46. The van der Waals surface area contributed by atoms with Gasteiger partial charge in [-0.05, 0) is 18.9 Å². The van der Waals surface area contributed by atoms with E-state index in [4.69, 9.17) is 10.8 Å². The van der Waals surface area contributed by atoms with Gasteiger partial charge in [0.15, 0.2) is 6.10 Å². The predicted octanol–water partition coefficient (Wildman–Crippen LogP) is -0.493. The number of aliphatic carboxylic acids is 1. The summed E-state index contributed by atoms with van der Waals surface area (Å²) < 4.78 is 0. The normalized spacial score (nSPS) is 15.3. The molecule has 0 spiro atoms. The molecule has 1 amide bonds. The van der Waals surface area contributed by atoms with Gasteiger partial charge in [-0.25, -0.2) is 4.79 Å². The van der Waals surface area contributed by atoms with Gasteiger partial charge < -0.3 is 21.3 Å². The van der Waals surface area contributed by atoms with Crippen molar-refractivity contribution in [2.24, 2.45) is 5.73 Å². The lowest BCUT2D eigenvalue weighted by atomic mass is 10.0. The van der Waals surface area contributed by atoms with Crippen molar-refractivity contribution in [3.63, 3.8) is 0 Å². The first-order valence-electron chi connectivity index (χ1n) is 5.92. The van der Waals surface area contributed by atoms with Gasteiger partial charge in [0.05, 0.1) is 12.1 Å². The van der Waals surface area contributed by atoms with Gasteiger partial charge in [0.2, 0.25) is 5.91 Å². The zero-order valence-electron chi connectivity index (χ0n) is 10.6. The van der Waals surface area contributed by atoms with Crippen LogP contribution in [0.1, 0.15) is 12.5 Å². The third kappa shape index (κ3) is 4.69. The maximum absolute atomic E-state index is 11.5. The van der Waals surface area contributed by atoms with Crippen LogP contribution in [0.4, 0.5) is 0 Å². The van der Waals surface area contributed by atoms with Crippen LogP contribution in [0.2, 0.25) is 0 Å². The molecule has 3 atom stereocenters. The Bertz CT molecular complexity index is 434. The number of rotatable bonds is 6. The minimum atomic E-state index is -1.68. The van der Waals surface area contributed by atoms with E-state index >= 15 is 0 Å².